The van der Waals surface area contributed by atoms with Crippen molar-refractivity contribution in [3.8, 4) is 0 Å². The first kappa shape index (κ1) is 15.9. The molecule has 1 nitrogen and oxygen atoms in total. The van der Waals surface area contributed by atoms with Crippen LogP contribution in [0.4, 0.5) is 0 Å². The molecule has 0 amide bonds. The summed E-state index contributed by atoms with van der Waals surface area (Å²) in [4.78, 5) is 0. The summed E-state index contributed by atoms with van der Waals surface area (Å²) in [6.07, 6.45) is 7.61. The lowest BCUT2D eigenvalue weighted by molar-refractivity contribution is 0.234. The van der Waals surface area contributed by atoms with Gasteiger partial charge in [0.25, 0.3) is 0 Å². The highest BCUT2D eigenvalue weighted by molar-refractivity contribution is 6.17. The molecule has 0 heterocycles. The average Bonchev–Trinajstić information content (AvgIpc) is 2.48. The van der Waals surface area contributed by atoms with Gasteiger partial charge in [0.1, 0.15) is 0 Å². The fraction of sp³-hybridized carbons (Fsp3) is 0.667. The molecule has 1 aliphatic carbocycles. The van der Waals surface area contributed by atoms with Gasteiger partial charge in [-0.1, -0.05) is 57.4 Å². The first-order chi connectivity index (χ1) is 9.68. The molecule has 1 saturated carbocycles. The molecule has 0 bridgehead atoms. The Bertz CT molecular complexity index is 408. The first-order valence-corrected chi connectivity index (χ1v) is 8.63. The number of nitrogens with one attached hydrogen (secondary N) is 1. The van der Waals surface area contributed by atoms with Gasteiger partial charge in [0.05, 0.1) is 0 Å². The van der Waals surface area contributed by atoms with Gasteiger partial charge in [-0.05, 0) is 42.9 Å². The van der Waals surface area contributed by atoms with Crippen LogP contribution in [0.15, 0.2) is 24.3 Å². The normalized spacial score (nSPS) is 18.4. The minimum atomic E-state index is 0.190. The fourth-order valence-electron chi connectivity index (χ4n) is 3.31. The lowest BCUT2D eigenvalue weighted by Gasteiger charge is -2.39. The molecule has 1 aliphatic rings. The van der Waals surface area contributed by atoms with Gasteiger partial charge in [-0.3, -0.25) is 0 Å². The number of alkyl halides is 1. The molecule has 0 unspecified atom stereocenters. The summed E-state index contributed by atoms with van der Waals surface area (Å²) in [5.41, 5.74) is 3.12. The molecule has 0 aliphatic heterocycles. The monoisotopic (exact) mass is 293 g/mol. The summed E-state index contributed by atoms with van der Waals surface area (Å²) in [7, 11) is 0. The SMILES string of the molecule is CC(C)c1cccc(C2(NCCCCl)CCCCC2)c1. The second-order valence-electron chi connectivity index (χ2n) is 6.39. The molecule has 2 rings (SSSR count). The van der Waals surface area contributed by atoms with Gasteiger partial charge in [0, 0.05) is 11.4 Å². The Kier molecular flexibility index (Phi) is 5.92. The molecule has 0 atom stereocenters. The molecule has 1 aromatic rings. The van der Waals surface area contributed by atoms with E-state index in [0.29, 0.717) is 5.92 Å². The zero-order valence-electron chi connectivity index (χ0n) is 12.9. The summed E-state index contributed by atoms with van der Waals surface area (Å²) < 4.78 is 0. The van der Waals surface area contributed by atoms with E-state index in [1.807, 2.05) is 0 Å². The lowest BCUT2D eigenvalue weighted by atomic mass is 9.75. The second-order valence-corrected chi connectivity index (χ2v) is 6.77. The van der Waals surface area contributed by atoms with Crippen LogP contribution in [0.1, 0.15) is 69.4 Å². The van der Waals surface area contributed by atoms with Gasteiger partial charge in [0.15, 0.2) is 0 Å². The van der Waals surface area contributed by atoms with E-state index >= 15 is 0 Å². The maximum Gasteiger partial charge on any atom is 0.0434 e. The lowest BCUT2D eigenvalue weighted by Crippen LogP contribution is -2.44. The molecule has 1 aromatic carbocycles. The predicted molar refractivity (Wildman–Crippen MR) is 88.6 cm³/mol. The van der Waals surface area contributed by atoms with Crippen molar-refractivity contribution in [1.82, 2.24) is 5.32 Å². The zero-order valence-corrected chi connectivity index (χ0v) is 13.7. The van der Waals surface area contributed by atoms with E-state index in [0.717, 1.165) is 18.8 Å². The topological polar surface area (TPSA) is 12.0 Å². The number of rotatable bonds is 6. The third-order valence-corrected chi connectivity index (χ3v) is 4.85. The van der Waals surface area contributed by atoms with Crippen molar-refractivity contribution in [3.63, 3.8) is 0 Å². The van der Waals surface area contributed by atoms with Gasteiger partial charge < -0.3 is 5.32 Å². The molecule has 112 valence electrons. The molecular formula is C18H28ClN. The number of halogens is 1. The molecule has 20 heavy (non-hydrogen) atoms. The van der Waals surface area contributed by atoms with Crippen LogP contribution >= 0.6 is 11.6 Å². The Morgan fingerprint density at radius 2 is 1.95 bits per heavy atom. The Hall–Kier alpha value is -0.530. The highest BCUT2D eigenvalue weighted by Crippen LogP contribution is 2.38. The molecular weight excluding hydrogens is 266 g/mol. The highest BCUT2D eigenvalue weighted by Gasteiger charge is 2.33. The summed E-state index contributed by atoms with van der Waals surface area (Å²) in [6, 6.07) is 9.21. The van der Waals surface area contributed by atoms with Crippen molar-refractivity contribution in [2.24, 2.45) is 0 Å². The molecule has 0 saturated heterocycles. The number of benzene rings is 1. The Labute approximate surface area is 129 Å². The van der Waals surface area contributed by atoms with Crippen molar-refractivity contribution in [3.05, 3.63) is 35.4 Å². The quantitative estimate of drug-likeness (QED) is 0.562. The molecule has 2 heteroatoms. The van der Waals surface area contributed by atoms with Crippen LogP contribution in [0.2, 0.25) is 0 Å². The molecule has 1 N–H and O–H groups in total. The maximum atomic E-state index is 5.84. The molecule has 0 aromatic heterocycles. The van der Waals surface area contributed by atoms with Gasteiger partial charge >= 0.3 is 0 Å². The average molecular weight is 294 g/mol. The molecule has 1 fully saturated rings. The van der Waals surface area contributed by atoms with Crippen LogP contribution in [0.3, 0.4) is 0 Å². The van der Waals surface area contributed by atoms with E-state index < -0.39 is 0 Å². The van der Waals surface area contributed by atoms with E-state index in [4.69, 9.17) is 11.6 Å². The van der Waals surface area contributed by atoms with Crippen LogP contribution < -0.4 is 5.32 Å². The van der Waals surface area contributed by atoms with E-state index in [1.54, 1.807) is 0 Å². The summed E-state index contributed by atoms with van der Waals surface area (Å²) in [5.74, 6) is 1.34. The van der Waals surface area contributed by atoms with Crippen LogP contribution in [0.5, 0.6) is 0 Å². The predicted octanol–water partition coefficient (Wildman–Crippen LogP) is 5.19. The third-order valence-electron chi connectivity index (χ3n) is 4.59. The summed E-state index contributed by atoms with van der Waals surface area (Å²) >= 11 is 5.84. The third kappa shape index (κ3) is 3.77. The summed E-state index contributed by atoms with van der Waals surface area (Å²) in [6.45, 7) is 5.57. The van der Waals surface area contributed by atoms with Crippen LogP contribution in [0, 0.1) is 0 Å². The second kappa shape index (κ2) is 7.47. The van der Waals surface area contributed by atoms with E-state index in [2.05, 4.69) is 43.4 Å². The van der Waals surface area contributed by atoms with Crippen molar-refractivity contribution >= 4 is 11.6 Å². The first-order valence-electron chi connectivity index (χ1n) is 8.09. The largest absolute Gasteiger partial charge is 0.307 e. The molecule has 0 spiro atoms. The van der Waals surface area contributed by atoms with Gasteiger partial charge in [0.2, 0.25) is 0 Å². The van der Waals surface area contributed by atoms with E-state index in [1.165, 1.54) is 43.2 Å². The van der Waals surface area contributed by atoms with Crippen molar-refractivity contribution < 1.29 is 0 Å². The van der Waals surface area contributed by atoms with Crippen molar-refractivity contribution in [2.75, 3.05) is 12.4 Å². The highest BCUT2D eigenvalue weighted by atomic mass is 35.5. The van der Waals surface area contributed by atoms with Crippen molar-refractivity contribution in [2.45, 2.75) is 63.8 Å². The summed E-state index contributed by atoms with van der Waals surface area (Å²) in [5, 5.41) is 3.83. The van der Waals surface area contributed by atoms with Crippen LogP contribution in [0.25, 0.3) is 0 Å². The molecule has 0 radical (unpaired) electrons. The Morgan fingerprint density at radius 3 is 2.60 bits per heavy atom. The standard InChI is InChI=1S/C18H28ClN/c1-15(2)16-8-6-9-17(14-16)18(20-13-7-12-19)10-4-3-5-11-18/h6,8-9,14-15,20H,3-5,7,10-13H2,1-2H3. The minimum Gasteiger partial charge on any atom is -0.307 e. The zero-order chi connectivity index (χ0) is 14.4. The van der Waals surface area contributed by atoms with Crippen LogP contribution in [-0.4, -0.2) is 12.4 Å². The van der Waals surface area contributed by atoms with Gasteiger partial charge in [-0.25, -0.2) is 0 Å². The Balaban J connectivity index is 2.23. The van der Waals surface area contributed by atoms with Crippen molar-refractivity contribution in [1.29, 1.82) is 0 Å². The van der Waals surface area contributed by atoms with E-state index in [-0.39, 0.29) is 5.54 Å². The maximum absolute atomic E-state index is 5.84. The smallest absolute Gasteiger partial charge is 0.0434 e. The minimum absolute atomic E-state index is 0.190. The Morgan fingerprint density at radius 1 is 1.20 bits per heavy atom. The number of hydrogen-bond donors (Lipinski definition) is 1. The van der Waals surface area contributed by atoms with Crippen LogP contribution in [-0.2, 0) is 5.54 Å². The van der Waals surface area contributed by atoms with Gasteiger partial charge in [-0.15, -0.1) is 11.6 Å². The number of hydrogen-bond acceptors (Lipinski definition) is 1. The van der Waals surface area contributed by atoms with Gasteiger partial charge in [-0.2, -0.15) is 0 Å². The fourth-order valence-corrected chi connectivity index (χ4v) is 3.45. The van der Waals surface area contributed by atoms with E-state index in [9.17, 15) is 0 Å².